The summed E-state index contributed by atoms with van der Waals surface area (Å²) in [5.74, 6) is -0.519. The third kappa shape index (κ3) is 1.53. The van der Waals surface area contributed by atoms with Gasteiger partial charge < -0.3 is 0 Å². The van der Waals surface area contributed by atoms with Crippen molar-refractivity contribution in [1.82, 2.24) is 0 Å². The van der Waals surface area contributed by atoms with Crippen LogP contribution in [-0.4, -0.2) is 11.8 Å². The number of carbonyl (C=O) groups excluding carboxylic acids is 2. The molecule has 1 aromatic carbocycles. The first kappa shape index (κ1) is 10.9. The first-order chi connectivity index (χ1) is 7.52. The molecule has 1 aliphatic heterocycles. The van der Waals surface area contributed by atoms with Crippen molar-refractivity contribution in [3.63, 3.8) is 0 Å². The third-order valence-electron chi connectivity index (χ3n) is 2.70. The average molecular weight is 236 g/mol. The quantitative estimate of drug-likeness (QED) is 0.702. The molecule has 1 aromatic rings. The fourth-order valence-corrected chi connectivity index (χ4v) is 1.70. The molecule has 1 aliphatic rings. The van der Waals surface area contributed by atoms with E-state index in [0.29, 0.717) is 21.9 Å². The highest BCUT2D eigenvalue weighted by molar-refractivity contribution is 6.33. The highest BCUT2D eigenvalue weighted by Gasteiger charge is 2.34. The molecule has 0 saturated heterocycles. The number of nitrogens with zero attached hydrogens (tertiary/aromatic N) is 1. The van der Waals surface area contributed by atoms with E-state index in [0.717, 1.165) is 0 Å². The van der Waals surface area contributed by atoms with Crippen molar-refractivity contribution in [3.05, 3.63) is 40.4 Å². The average Bonchev–Trinajstić information content (AvgIpc) is 2.46. The van der Waals surface area contributed by atoms with E-state index >= 15 is 0 Å². The Bertz CT molecular complexity index is 478. The lowest BCUT2D eigenvalue weighted by Crippen LogP contribution is -2.31. The lowest BCUT2D eigenvalue weighted by Gasteiger charge is -2.14. The van der Waals surface area contributed by atoms with Crippen LogP contribution < -0.4 is 4.90 Å². The van der Waals surface area contributed by atoms with Gasteiger partial charge in [-0.1, -0.05) is 11.6 Å². The number of rotatable bonds is 1. The molecule has 0 atom stereocenters. The molecule has 2 amide bonds. The number of benzene rings is 1. The van der Waals surface area contributed by atoms with Crippen molar-refractivity contribution >= 4 is 29.1 Å². The van der Waals surface area contributed by atoms with Crippen LogP contribution in [0.5, 0.6) is 0 Å². The van der Waals surface area contributed by atoms with Gasteiger partial charge in [-0.25, -0.2) is 4.90 Å². The molecule has 82 valence electrons. The number of hydrogen-bond acceptors (Lipinski definition) is 2. The van der Waals surface area contributed by atoms with Gasteiger partial charge in [0.05, 0.1) is 5.69 Å². The van der Waals surface area contributed by atoms with Crippen LogP contribution in [0.2, 0.25) is 5.02 Å². The van der Waals surface area contributed by atoms with Crippen LogP contribution in [0.15, 0.2) is 35.4 Å². The minimum absolute atomic E-state index is 0.259. The highest BCUT2D eigenvalue weighted by atomic mass is 35.5. The largest absolute Gasteiger partial charge is 0.269 e. The summed E-state index contributed by atoms with van der Waals surface area (Å²) in [5.41, 5.74) is 1.55. The van der Waals surface area contributed by atoms with Crippen molar-refractivity contribution in [3.8, 4) is 0 Å². The summed E-state index contributed by atoms with van der Waals surface area (Å²) in [5, 5.41) is 0.573. The standard InChI is InChI=1S/C12H10ClNO2/c1-7-8(2)12(16)14(11(7)15)10-5-3-9(13)4-6-10/h3-6H,1-2H3. The number of carbonyl (C=O) groups is 2. The zero-order valence-corrected chi connectivity index (χ0v) is 9.71. The molecule has 0 aromatic heterocycles. The van der Waals surface area contributed by atoms with E-state index in [9.17, 15) is 9.59 Å². The second kappa shape index (κ2) is 3.76. The van der Waals surface area contributed by atoms with Crippen LogP contribution >= 0.6 is 11.6 Å². The minimum atomic E-state index is -0.259. The highest BCUT2D eigenvalue weighted by Crippen LogP contribution is 2.27. The van der Waals surface area contributed by atoms with Crippen molar-refractivity contribution < 1.29 is 9.59 Å². The number of amides is 2. The second-order valence-electron chi connectivity index (χ2n) is 3.67. The van der Waals surface area contributed by atoms with E-state index in [1.807, 2.05) is 0 Å². The molecular weight excluding hydrogens is 226 g/mol. The van der Waals surface area contributed by atoms with Crippen molar-refractivity contribution in [2.75, 3.05) is 4.90 Å². The maximum atomic E-state index is 11.8. The Morgan fingerprint density at radius 1 is 0.938 bits per heavy atom. The summed E-state index contributed by atoms with van der Waals surface area (Å²) in [6, 6.07) is 6.62. The molecule has 0 fully saturated rings. The normalized spacial score (nSPS) is 16.3. The van der Waals surface area contributed by atoms with Crippen LogP contribution in [0.25, 0.3) is 0 Å². The van der Waals surface area contributed by atoms with Gasteiger partial charge in [-0.05, 0) is 38.1 Å². The molecule has 0 unspecified atom stereocenters. The summed E-state index contributed by atoms with van der Waals surface area (Å²) < 4.78 is 0. The predicted octanol–water partition coefficient (Wildman–Crippen LogP) is 2.55. The number of halogens is 1. The maximum Gasteiger partial charge on any atom is 0.261 e. The monoisotopic (exact) mass is 235 g/mol. The number of hydrogen-bond donors (Lipinski definition) is 0. The van der Waals surface area contributed by atoms with E-state index in [4.69, 9.17) is 11.6 Å². The molecule has 16 heavy (non-hydrogen) atoms. The first-order valence-electron chi connectivity index (χ1n) is 4.84. The summed E-state index contributed by atoms with van der Waals surface area (Å²) >= 11 is 5.75. The Morgan fingerprint density at radius 2 is 1.38 bits per heavy atom. The third-order valence-corrected chi connectivity index (χ3v) is 2.95. The molecule has 1 heterocycles. The van der Waals surface area contributed by atoms with Gasteiger partial charge >= 0.3 is 0 Å². The number of anilines is 1. The SMILES string of the molecule is CC1=C(C)C(=O)N(c2ccc(Cl)cc2)C1=O. The van der Waals surface area contributed by atoms with Gasteiger partial charge in [0.15, 0.2) is 0 Å². The Hall–Kier alpha value is -1.61. The fraction of sp³-hybridized carbons (Fsp3) is 0.167. The van der Waals surface area contributed by atoms with Gasteiger partial charge in [-0.2, -0.15) is 0 Å². The van der Waals surface area contributed by atoms with E-state index in [2.05, 4.69) is 0 Å². The van der Waals surface area contributed by atoms with Crippen LogP contribution in [0.3, 0.4) is 0 Å². The molecule has 3 nitrogen and oxygen atoms in total. The van der Waals surface area contributed by atoms with Crippen molar-refractivity contribution in [2.45, 2.75) is 13.8 Å². The molecule has 0 aliphatic carbocycles. The first-order valence-corrected chi connectivity index (χ1v) is 5.22. The van der Waals surface area contributed by atoms with Crippen LogP contribution in [0.1, 0.15) is 13.8 Å². The summed E-state index contributed by atoms with van der Waals surface area (Å²) in [7, 11) is 0. The molecule has 2 rings (SSSR count). The molecular formula is C12H10ClNO2. The molecule has 0 N–H and O–H groups in total. The topological polar surface area (TPSA) is 37.4 Å². The Kier molecular flexibility index (Phi) is 2.56. The smallest absolute Gasteiger partial charge is 0.261 e. The molecule has 4 heteroatoms. The lowest BCUT2D eigenvalue weighted by molar-refractivity contribution is -0.120. The molecule has 0 saturated carbocycles. The van der Waals surface area contributed by atoms with E-state index in [-0.39, 0.29) is 11.8 Å². The molecule has 0 radical (unpaired) electrons. The van der Waals surface area contributed by atoms with Gasteiger partial charge in [0.2, 0.25) is 0 Å². The minimum Gasteiger partial charge on any atom is -0.269 e. The maximum absolute atomic E-state index is 11.8. The van der Waals surface area contributed by atoms with E-state index < -0.39 is 0 Å². The van der Waals surface area contributed by atoms with Crippen molar-refractivity contribution in [1.29, 1.82) is 0 Å². The van der Waals surface area contributed by atoms with Crippen LogP contribution in [0, 0.1) is 0 Å². The van der Waals surface area contributed by atoms with Gasteiger partial charge in [0, 0.05) is 16.2 Å². The van der Waals surface area contributed by atoms with Gasteiger partial charge in [-0.3, -0.25) is 9.59 Å². The van der Waals surface area contributed by atoms with Gasteiger partial charge in [-0.15, -0.1) is 0 Å². The zero-order valence-electron chi connectivity index (χ0n) is 8.95. The molecule has 0 bridgehead atoms. The Morgan fingerprint density at radius 3 is 1.81 bits per heavy atom. The van der Waals surface area contributed by atoms with Crippen LogP contribution in [0.4, 0.5) is 5.69 Å². The molecule has 0 spiro atoms. The fourth-order valence-electron chi connectivity index (χ4n) is 1.57. The second-order valence-corrected chi connectivity index (χ2v) is 4.11. The summed E-state index contributed by atoms with van der Waals surface area (Å²) in [6.45, 7) is 3.32. The van der Waals surface area contributed by atoms with Gasteiger partial charge in [0.1, 0.15) is 0 Å². The summed E-state index contributed by atoms with van der Waals surface area (Å²) in [4.78, 5) is 24.8. The van der Waals surface area contributed by atoms with Gasteiger partial charge in [0.25, 0.3) is 11.8 Å². The lowest BCUT2D eigenvalue weighted by atomic mass is 10.2. The predicted molar refractivity (Wildman–Crippen MR) is 62.3 cm³/mol. The summed E-state index contributed by atoms with van der Waals surface area (Å²) in [6.07, 6.45) is 0. The number of imide groups is 1. The Balaban J connectivity index is 2.42. The van der Waals surface area contributed by atoms with E-state index in [1.165, 1.54) is 4.90 Å². The Labute approximate surface area is 98.3 Å². The van der Waals surface area contributed by atoms with Crippen molar-refractivity contribution in [2.24, 2.45) is 0 Å². The van der Waals surface area contributed by atoms with Crippen LogP contribution in [-0.2, 0) is 9.59 Å². The van der Waals surface area contributed by atoms with E-state index in [1.54, 1.807) is 38.1 Å². The zero-order chi connectivity index (χ0) is 11.9.